The first-order valence-corrected chi connectivity index (χ1v) is 30.4. The van der Waals surface area contributed by atoms with Gasteiger partial charge in [0.05, 0.1) is 25.6 Å². The third-order valence-corrected chi connectivity index (χ3v) is 13.5. The number of aliphatic hydroxyl groups excluding tert-OH is 1. The van der Waals surface area contributed by atoms with Crippen LogP contribution >= 0.6 is 7.82 Å². The highest BCUT2D eigenvalue weighted by Gasteiger charge is 2.21. The predicted molar refractivity (Wildman–Crippen MR) is 316 cm³/mol. The summed E-state index contributed by atoms with van der Waals surface area (Å²) >= 11 is 0. The second-order valence-electron chi connectivity index (χ2n) is 20.3. The summed E-state index contributed by atoms with van der Waals surface area (Å²) in [6, 6.07) is 0. The highest BCUT2D eigenvalue weighted by Crippen LogP contribution is 2.42. The Morgan fingerprint density at radius 2 is 1.03 bits per heavy atom. The lowest BCUT2D eigenvalue weighted by Gasteiger charge is -2.26. The molecule has 10 heteroatoms. The van der Waals surface area contributed by atoms with E-state index in [0.29, 0.717) is 25.1 Å². The van der Waals surface area contributed by atoms with Gasteiger partial charge in [-0.2, -0.15) is 0 Å². The average molecular weight is 1040 g/mol. The van der Waals surface area contributed by atoms with Crippen molar-refractivity contribution >= 4 is 20.1 Å². The molecule has 1 unspecified atom stereocenters. The van der Waals surface area contributed by atoms with Crippen molar-refractivity contribution in [2.24, 2.45) is 5.41 Å². The van der Waals surface area contributed by atoms with Crippen LogP contribution in [0.1, 0.15) is 255 Å². The highest BCUT2D eigenvalue weighted by molar-refractivity contribution is 7.47. The molecule has 9 nitrogen and oxygen atoms in total. The largest absolute Gasteiger partial charge is 0.513 e. The second kappa shape index (κ2) is 55.2. The Morgan fingerprint density at radius 1 is 0.589 bits per heavy atom. The number of hydrogen-bond acceptors (Lipinski definition) is 8. The van der Waals surface area contributed by atoms with Crippen LogP contribution < -0.4 is 5.32 Å². The quantitative estimate of drug-likeness (QED) is 0.00797. The molecule has 0 heterocycles. The molecule has 0 aliphatic rings. The Balaban J connectivity index is -0.00000105. The van der Waals surface area contributed by atoms with E-state index in [1.54, 1.807) is 13.1 Å². The fourth-order valence-corrected chi connectivity index (χ4v) is 8.34. The minimum absolute atomic E-state index is 0.00795. The molecule has 0 bridgehead atoms. The van der Waals surface area contributed by atoms with Crippen molar-refractivity contribution in [1.29, 1.82) is 0 Å². The van der Waals surface area contributed by atoms with Gasteiger partial charge in [0, 0.05) is 25.8 Å². The van der Waals surface area contributed by atoms with E-state index in [1.165, 1.54) is 152 Å². The summed E-state index contributed by atoms with van der Waals surface area (Å²) < 4.78 is 26.2. The van der Waals surface area contributed by atoms with E-state index >= 15 is 0 Å². The van der Waals surface area contributed by atoms with Crippen molar-refractivity contribution in [2.45, 2.75) is 255 Å². The van der Waals surface area contributed by atoms with Crippen LogP contribution in [0, 0.1) is 5.41 Å². The van der Waals surface area contributed by atoms with Crippen LogP contribution in [-0.4, -0.2) is 55.7 Å². The van der Waals surface area contributed by atoms with Gasteiger partial charge in [-0.05, 0) is 128 Å². The zero-order valence-corrected chi connectivity index (χ0v) is 49.8. The monoisotopic (exact) mass is 1040 g/mol. The number of nitrogens with one attached hydrogen (secondary N) is 1. The van der Waals surface area contributed by atoms with Crippen molar-refractivity contribution in [3.63, 3.8) is 0 Å². The number of aldehydes is 1. The summed E-state index contributed by atoms with van der Waals surface area (Å²) in [5.74, 6) is 0.114. The normalized spacial score (nSPS) is 13.0. The summed E-state index contributed by atoms with van der Waals surface area (Å²) in [6.07, 6.45) is 57.8. The van der Waals surface area contributed by atoms with Crippen LogP contribution in [0.15, 0.2) is 95.4 Å². The van der Waals surface area contributed by atoms with Gasteiger partial charge in [0.2, 0.25) is 0 Å². The smallest absolute Gasteiger partial charge is 0.472 e. The molecule has 0 aliphatic carbocycles. The first-order valence-electron chi connectivity index (χ1n) is 28.9. The number of likely N-dealkylation sites (N-methyl/N-ethyl adjacent to an activating group) is 1. The van der Waals surface area contributed by atoms with Gasteiger partial charge in [0.1, 0.15) is 6.29 Å². The van der Waals surface area contributed by atoms with Crippen molar-refractivity contribution < 1.29 is 37.9 Å². The van der Waals surface area contributed by atoms with Crippen molar-refractivity contribution in [3.05, 3.63) is 95.4 Å². The standard InChI is InChI=1S/C24H48NO6P.C20H30O.C19H36O/c1-3-4-5-6-7-8-9-10-11-12-13-14-15-16-17-19-24(26)29-21-18-22-30-32(27,28)31-23-20-25-2;1-8-20(6,7)19(16(2)3)13-12-17(4)10-9-11-18(5)14-15-21;1-3-4-5-6-7-8-9-10-11-12-13-14-15-16-17-18-19(2)20/h10-11,25H,3-9,12-23H2,1-2H3,(H,27,28);9-15H,8H2,1-7H3;10-11,20H,2-9,12-18H2,1H3/b11-10-;11-9+,13-12+,17-10+,18-14+;11-10-. The van der Waals surface area contributed by atoms with E-state index in [1.807, 2.05) is 19.1 Å². The van der Waals surface area contributed by atoms with Crippen molar-refractivity contribution in [1.82, 2.24) is 5.32 Å². The number of phosphoric acid groups is 1. The topological polar surface area (TPSA) is 131 Å². The predicted octanol–water partition coefficient (Wildman–Crippen LogP) is 19.4. The van der Waals surface area contributed by atoms with E-state index in [9.17, 15) is 19.0 Å². The zero-order valence-electron chi connectivity index (χ0n) is 48.9. The lowest BCUT2D eigenvalue weighted by molar-refractivity contribution is -0.144. The molecule has 0 aliphatic heterocycles. The van der Waals surface area contributed by atoms with Gasteiger partial charge in [-0.25, -0.2) is 4.57 Å². The van der Waals surface area contributed by atoms with Crippen molar-refractivity contribution in [3.8, 4) is 0 Å². The molecule has 424 valence electrons. The number of aliphatic hydroxyl groups is 1. The number of carbonyl (C=O) groups is 2. The Bertz CT molecular complexity index is 1580. The molecule has 0 saturated carbocycles. The molecule has 1 atom stereocenters. The Hall–Kier alpha value is -3.07. The maximum Gasteiger partial charge on any atom is 0.472 e. The highest BCUT2D eigenvalue weighted by atomic mass is 31.2. The molecular formula is C63H114NO8P. The third-order valence-electron chi connectivity index (χ3n) is 12.5. The maximum absolute atomic E-state index is 11.7. The molecule has 0 aromatic heterocycles. The van der Waals surface area contributed by atoms with Crippen LogP contribution in [0.3, 0.4) is 0 Å². The number of phosphoric ester groups is 1. The molecule has 73 heavy (non-hydrogen) atoms. The lowest BCUT2D eigenvalue weighted by Crippen LogP contribution is -2.14. The molecule has 0 aromatic rings. The van der Waals surface area contributed by atoms with Gasteiger partial charge in [-0.1, -0.05) is 210 Å². The van der Waals surface area contributed by atoms with Crippen molar-refractivity contribution in [2.75, 3.05) is 33.4 Å². The number of carbonyl (C=O) groups excluding carboxylic acids is 2. The fourth-order valence-electron chi connectivity index (χ4n) is 7.58. The summed E-state index contributed by atoms with van der Waals surface area (Å²) in [6.45, 7) is 23.9. The third kappa shape index (κ3) is 58.1. The van der Waals surface area contributed by atoms with Crippen LogP contribution in [0.4, 0.5) is 0 Å². The number of ether oxygens (including phenoxy) is 1. The number of hydrogen-bond donors (Lipinski definition) is 3. The van der Waals surface area contributed by atoms with Gasteiger partial charge in [0.25, 0.3) is 0 Å². The molecule has 0 fully saturated rings. The van der Waals surface area contributed by atoms with E-state index < -0.39 is 7.82 Å². The molecule has 0 amide bonds. The van der Waals surface area contributed by atoms with Gasteiger partial charge < -0.3 is 20.1 Å². The van der Waals surface area contributed by atoms with Gasteiger partial charge in [-0.15, -0.1) is 0 Å². The molecule has 3 N–H and O–H groups in total. The number of allylic oxidation sites excluding steroid dienone is 15. The van der Waals surface area contributed by atoms with Gasteiger partial charge in [0.15, 0.2) is 0 Å². The molecular weight excluding hydrogens is 930 g/mol. The number of esters is 1. The number of unbranched alkanes of at least 4 members (excludes halogenated alkanes) is 22. The van der Waals surface area contributed by atoms with Crippen LogP contribution in [-0.2, 0) is 27.9 Å². The van der Waals surface area contributed by atoms with E-state index in [2.05, 4.69) is 110 Å². The molecule has 0 spiro atoms. The summed E-state index contributed by atoms with van der Waals surface area (Å²) in [7, 11) is -2.30. The van der Waals surface area contributed by atoms with E-state index in [4.69, 9.17) is 18.9 Å². The fraction of sp³-hybridized carbons (Fsp3) is 0.714. The summed E-state index contributed by atoms with van der Waals surface area (Å²) in [4.78, 5) is 31.5. The number of rotatable bonds is 46. The molecule has 0 aromatic carbocycles. The summed E-state index contributed by atoms with van der Waals surface area (Å²) in [5, 5.41) is 11.8. The first kappa shape index (κ1) is 74.2. The zero-order chi connectivity index (χ0) is 55.1. The van der Waals surface area contributed by atoms with Gasteiger partial charge in [-0.3, -0.25) is 18.6 Å². The average Bonchev–Trinajstić information content (AvgIpc) is 3.34. The van der Waals surface area contributed by atoms with E-state index in [-0.39, 0.29) is 31.2 Å². The Kier molecular flexibility index (Phi) is 56.1. The lowest BCUT2D eigenvalue weighted by atomic mass is 9.79. The second-order valence-corrected chi connectivity index (χ2v) is 21.8. The first-order chi connectivity index (χ1) is 35.0. The Labute approximate surface area is 450 Å². The molecule has 0 radical (unpaired) electrons. The minimum atomic E-state index is -4.02. The maximum atomic E-state index is 11.7. The summed E-state index contributed by atoms with van der Waals surface area (Å²) in [5.41, 5.74) is 5.12. The van der Waals surface area contributed by atoms with Crippen LogP contribution in [0.2, 0.25) is 0 Å². The van der Waals surface area contributed by atoms with Gasteiger partial charge >= 0.3 is 13.8 Å². The Morgan fingerprint density at radius 3 is 1.47 bits per heavy atom. The van der Waals surface area contributed by atoms with Crippen LogP contribution in [0.5, 0.6) is 0 Å². The van der Waals surface area contributed by atoms with E-state index in [0.717, 1.165) is 56.8 Å². The minimum Gasteiger partial charge on any atom is -0.513 e. The SMILES string of the molecule is C=C(O)CCCCCCC/C=C\CCCCCCCC.CCC(C)(C)C(/C=C/C(C)=C/C=C/C(C)=C/C=O)=C(C)C.CCCCCCCC/C=C\CCCCCCCC(=O)OCCCOP(=O)(O)OCCNC. The van der Waals surface area contributed by atoms with Crippen LogP contribution in [0.25, 0.3) is 0 Å². The molecule has 0 saturated heterocycles. The molecule has 0 rings (SSSR count).